The first-order chi connectivity index (χ1) is 11.4. The summed E-state index contributed by atoms with van der Waals surface area (Å²) in [4.78, 5) is 14.9. The van der Waals surface area contributed by atoms with E-state index in [-0.39, 0.29) is 12.1 Å². The van der Waals surface area contributed by atoms with Gasteiger partial charge in [0, 0.05) is 13.1 Å². The Morgan fingerprint density at radius 1 is 1.21 bits per heavy atom. The van der Waals surface area contributed by atoms with E-state index in [1.165, 1.54) is 12.8 Å². The van der Waals surface area contributed by atoms with Gasteiger partial charge in [0.05, 0.1) is 6.04 Å². The molecule has 1 aliphatic carbocycles. The lowest BCUT2D eigenvalue weighted by Gasteiger charge is -2.41. The maximum Gasteiger partial charge on any atom is 0.410 e. The molecule has 1 heterocycles. The van der Waals surface area contributed by atoms with Crippen molar-refractivity contribution in [2.24, 2.45) is 11.8 Å². The minimum absolute atomic E-state index is 0.189. The zero-order chi connectivity index (χ0) is 17.2. The summed E-state index contributed by atoms with van der Waals surface area (Å²) in [5.74, 6) is 1.39. The second-order valence-corrected chi connectivity index (χ2v) is 8.16. The molecule has 132 valence electrons. The standard InChI is InChI=1S/C20H30N2O2/c1-20(2,3)24-19(23)22(14-15-7-5-4-6-8-15)18-13-21-12-11-17(18)16-9-10-16/h4-8,16-18,21H,9-14H2,1-3H3. The van der Waals surface area contributed by atoms with Crippen LogP contribution in [0.3, 0.4) is 0 Å². The lowest BCUT2D eigenvalue weighted by atomic mass is 9.87. The molecule has 3 rings (SSSR count). The Kier molecular flexibility index (Phi) is 5.14. The molecule has 1 aromatic carbocycles. The molecule has 1 saturated heterocycles. The molecule has 2 unspecified atom stereocenters. The summed E-state index contributed by atoms with van der Waals surface area (Å²) in [6.45, 7) is 8.35. The number of rotatable bonds is 4. The normalized spacial score (nSPS) is 24.5. The molecular formula is C20H30N2O2. The molecule has 1 aromatic rings. The Labute approximate surface area is 145 Å². The maximum absolute atomic E-state index is 12.9. The van der Waals surface area contributed by atoms with Gasteiger partial charge in [-0.05, 0) is 64.0 Å². The third kappa shape index (κ3) is 4.50. The average molecular weight is 330 g/mol. The fraction of sp³-hybridized carbons (Fsp3) is 0.650. The van der Waals surface area contributed by atoms with Crippen LogP contribution in [-0.2, 0) is 11.3 Å². The molecule has 4 heteroatoms. The predicted molar refractivity (Wildman–Crippen MR) is 95.7 cm³/mol. The molecule has 1 aliphatic heterocycles. The largest absolute Gasteiger partial charge is 0.444 e. The Hall–Kier alpha value is -1.55. The van der Waals surface area contributed by atoms with E-state index in [9.17, 15) is 4.79 Å². The number of amides is 1. The minimum Gasteiger partial charge on any atom is -0.444 e. The van der Waals surface area contributed by atoms with E-state index in [1.54, 1.807) is 0 Å². The van der Waals surface area contributed by atoms with Crippen LogP contribution in [0.2, 0.25) is 0 Å². The van der Waals surface area contributed by atoms with Crippen molar-refractivity contribution in [3.05, 3.63) is 35.9 Å². The Morgan fingerprint density at radius 3 is 2.54 bits per heavy atom. The highest BCUT2D eigenvalue weighted by Crippen LogP contribution is 2.42. The zero-order valence-electron chi connectivity index (χ0n) is 15.1. The summed E-state index contributed by atoms with van der Waals surface area (Å²) in [5, 5.41) is 3.48. The van der Waals surface area contributed by atoms with Gasteiger partial charge in [-0.3, -0.25) is 4.90 Å². The van der Waals surface area contributed by atoms with Gasteiger partial charge in [-0.25, -0.2) is 4.79 Å². The molecule has 1 saturated carbocycles. The first-order valence-electron chi connectivity index (χ1n) is 9.18. The van der Waals surface area contributed by atoms with Crippen molar-refractivity contribution in [1.29, 1.82) is 0 Å². The molecule has 0 bridgehead atoms. The fourth-order valence-corrected chi connectivity index (χ4v) is 3.70. The number of nitrogens with zero attached hydrogens (tertiary/aromatic N) is 1. The minimum atomic E-state index is -0.469. The highest BCUT2D eigenvalue weighted by atomic mass is 16.6. The second-order valence-electron chi connectivity index (χ2n) is 8.16. The number of hydrogen-bond acceptors (Lipinski definition) is 3. The van der Waals surface area contributed by atoms with E-state index in [1.807, 2.05) is 43.9 Å². The molecule has 0 aromatic heterocycles. The molecule has 2 atom stereocenters. The van der Waals surface area contributed by atoms with Crippen LogP contribution < -0.4 is 5.32 Å². The van der Waals surface area contributed by atoms with Crippen LogP contribution in [0.5, 0.6) is 0 Å². The molecule has 0 radical (unpaired) electrons. The third-order valence-electron chi connectivity index (χ3n) is 4.95. The first kappa shape index (κ1) is 17.3. The van der Waals surface area contributed by atoms with Crippen LogP contribution in [0.1, 0.15) is 45.6 Å². The summed E-state index contributed by atoms with van der Waals surface area (Å²) in [7, 11) is 0. The zero-order valence-corrected chi connectivity index (χ0v) is 15.1. The van der Waals surface area contributed by atoms with E-state index in [4.69, 9.17) is 4.74 Å². The first-order valence-corrected chi connectivity index (χ1v) is 9.18. The number of nitrogens with one attached hydrogen (secondary N) is 1. The topological polar surface area (TPSA) is 41.6 Å². The van der Waals surface area contributed by atoms with E-state index in [2.05, 4.69) is 17.4 Å². The van der Waals surface area contributed by atoms with Crippen LogP contribution in [0.4, 0.5) is 4.79 Å². The monoisotopic (exact) mass is 330 g/mol. The Balaban J connectivity index is 1.81. The fourth-order valence-electron chi connectivity index (χ4n) is 3.70. The van der Waals surface area contributed by atoms with Crippen LogP contribution in [0.25, 0.3) is 0 Å². The van der Waals surface area contributed by atoms with Crippen molar-refractivity contribution in [3.8, 4) is 0 Å². The van der Waals surface area contributed by atoms with Gasteiger partial charge in [0.2, 0.25) is 0 Å². The Bertz CT molecular complexity index is 549. The SMILES string of the molecule is CC(C)(C)OC(=O)N(Cc1ccccc1)C1CNCCC1C1CC1. The summed E-state index contributed by atoms with van der Waals surface area (Å²) in [6.07, 6.45) is 3.60. The van der Waals surface area contributed by atoms with Gasteiger partial charge in [-0.1, -0.05) is 30.3 Å². The number of ether oxygens (including phenoxy) is 1. The lowest BCUT2D eigenvalue weighted by molar-refractivity contribution is 0.00165. The summed E-state index contributed by atoms with van der Waals surface area (Å²) >= 11 is 0. The van der Waals surface area contributed by atoms with Gasteiger partial charge in [-0.15, -0.1) is 0 Å². The van der Waals surface area contributed by atoms with Crippen molar-refractivity contribution >= 4 is 6.09 Å². The number of carbonyl (C=O) groups excluding carboxylic acids is 1. The number of carbonyl (C=O) groups is 1. The molecule has 4 nitrogen and oxygen atoms in total. The second kappa shape index (κ2) is 7.14. The molecular weight excluding hydrogens is 300 g/mol. The summed E-state index contributed by atoms with van der Waals surface area (Å²) in [6, 6.07) is 10.5. The molecule has 1 amide bonds. The predicted octanol–water partition coefficient (Wildman–Crippen LogP) is 3.81. The van der Waals surface area contributed by atoms with Crippen LogP contribution >= 0.6 is 0 Å². The van der Waals surface area contributed by atoms with Crippen molar-refractivity contribution in [2.75, 3.05) is 13.1 Å². The number of hydrogen-bond donors (Lipinski definition) is 1. The van der Waals surface area contributed by atoms with Gasteiger partial charge in [0.1, 0.15) is 5.60 Å². The molecule has 24 heavy (non-hydrogen) atoms. The Morgan fingerprint density at radius 2 is 1.92 bits per heavy atom. The lowest BCUT2D eigenvalue weighted by Crippen LogP contribution is -2.54. The van der Waals surface area contributed by atoms with E-state index in [0.717, 1.165) is 31.0 Å². The number of piperidine rings is 1. The van der Waals surface area contributed by atoms with Gasteiger partial charge < -0.3 is 10.1 Å². The number of benzene rings is 1. The average Bonchev–Trinajstić information content (AvgIpc) is 3.37. The van der Waals surface area contributed by atoms with Crippen LogP contribution in [0.15, 0.2) is 30.3 Å². The summed E-state index contributed by atoms with van der Waals surface area (Å²) in [5.41, 5.74) is 0.687. The molecule has 1 N–H and O–H groups in total. The van der Waals surface area contributed by atoms with Crippen LogP contribution in [0, 0.1) is 11.8 Å². The summed E-state index contributed by atoms with van der Waals surface area (Å²) < 4.78 is 5.73. The van der Waals surface area contributed by atoms with E-state index in [0.29, 0.717) is 12.5 Å². The van der Waals surface area contributed by atoms with Crippen molar-refractivity contribution < 1.29 is 9.53 Å². The van der Waals surface area contributed by atoms with Gasteiger partial charge in [0.15, 0.2) is 0 Å². The van der Waals surface area contributed by atoms with Gasteiger partial charge in [0.25, 0.3) is 0 Å². The highest BCUT2D eigenvalue weighted by Gasteiger charge is 2.42. The van der Waals surface area contributed by atoms with Crippen molar-refractivity contribution in [3.63, 3.8) is 0 Å². The third-order valence-corrected chi connectivity index (χ3v) is 4.95. The van der Waals surface area contributed by atoms with E-state index < -0.39 is 5.60 Å². The highest BCUT2D eigenvalue weighted by molar-refractivity contribution is 5.68. The van der Waals surface area contributed by atoms with Crippen molar-refractivity contribution in [2.45, 2.75) is 58.2 Å². The van der Waals surface area contributed by atoms with Crippen molar-refractivity contribution in [1.82, 2.24) is 10.2 Å². The van der Waals surface area contributed by atoms with Gasteiger partial charge >= 0.3 is 6.09 Å². The van der Waals surface area contributed by atoms with Gasteiger partial charge in [-0.2, -0.15) is 0 Å². The molecule has 2 fully saturated rings. The smallest absolute Gasteiger partial charge is 0.410 e. The molecule has 2 aliphatic rings. The van der Waals surface area contributed by atoms with Crippen LogP contribution in [-0.4, -0.2) is 35.7 Å². The molecule has 0 spiro atoms. The maximum atomic E-state index is 12.9. The quantitative estimate of drug-likeness (QED) is 0.913. The van der Waals surface area contributed by atoms with E-state index >= 15 is 0 Å².